The van der Waals surface area contributed by atoms with Crippen LogP contribution in [0.4, 0.5) is 4.79 Å². The monoisotopic (exact) mass is 483 g/mol. The molecule has 5 aliphatic carbocycles. The largest absolute Gasteiger partial charge is 0.352 e. The minimum absolute atomic E-state index is 0.00157. The lowest BCUT2D eigenvalue weighted by atomic mass is 9.33. The van der Waals surface area contributed by atoms with E-state index in [1.54, 1.807) is 0 Å². The van der Waals surface area contributed by atoms with Gasteiger partial charge in [-0.3, -0.25) is 4.79 Å². The van der Waals surface area contributed by atoms with Crippen molar-refractivity contribution in [2.75, 3.05) is 0 Å². The van der Waals surface area contributed by atoms with Crippen LogP contribution in [0, 0.1) is 44.8 Å². The van der Waals surface area contributed by atoms with Crippen molar-refractivity contribution in [3.63, 3.8) is 0 Å². The molecule has 5 rings (SSSR count). The average Bonchev–Trinajstić information content (AvgIpc) is 2.73. The molecular weight excluding hydrogens is 434 g/mol. The molecule has 0 bridgehead atoms. The summed E-state index contributed by atoms with van der Waals surface area (Å²) in [6.45, 7) is 16.6. The summed E-state index contributed by atoms with van der Waals surface area (Å²) in [5, 5.41) is 3.06. The van der Waals surface area contributed by atoms with Crippen LogP contribution in [0.2, 0.25) is 0 Å². The van der Waals surface area contributed by atoms with Crippen LogP contribution in [0.3, 0.4) is 0 Å². The number of nitrogens with two attached hydrogens (primary N) is 2. The zero-order chi connectivity index (χ0) is 25.8. The fourth-order valence-electron chi connectivity index (χ4n) is 10.6. The Balaban J connectivity index is 1.59. The lowest BCUT2D eigenvalue weighted by molar-refractivity contribution is -0.186. The third-order valence-corrected chi connectivity index (χ3v) is 13.1. The van der Waals surface area contributed by atoms with Crippen LogP contribution in [0.5, 0.6) is 0 Å². The van der Waals surface area contributed by atoms with E-state index >= 15 is 0 Å². The molecule has 196 valence electrons. The van der Waals surface area contributed by atoms with Crippen LogP contribution in [0.25, 0.3) is 0 Å². The fraction of sp³-hybridized carbons (Fsp3) is 0.867. The second-order valence-corrected chi connectivity index (χ2v) is 15.2. The van der Waals surface area contributed by atoms with E-state index in [9.17, 15) is 9.59 Å². The molecule has 5 N–H and O–H groups in total. The first kappa shape index (κ1) is 25.3. The Morgan fingerprint density at radius 2 is 1.60 bits per heavy atom. The summed E-state index contributed by atoms with van der Waals surface area (Å²) in [6, 6.07) is -0.238. The summed E-state index contributed by atoms with van der Waals surface area (Å²) in [5.41, 5.74) is 13.5. The van der Waals surface area contributed by atoms with Gasteiger partial charge in [0.2, 0.25) is 0 Å². The Morgan fingerprint density at radius 3 is 2.26 bits per heavy atom. The molecule has 5 nitrogen and oxygen atoms in total. The Morgan fingerprint density at radius 1 is 0.943 bits per heavy atom. The number of carbonyl (C=O) groups excluding carboxylic acids is 2. The van der Waals surface area contributed by atoms with Crippen LogP contribution < -0.4 is 16.8 Å². The molecule has 0 radical (unpaired) electrons. The molecule has 0 unspecified atom stereocenters. The van der Waals surface area contributed by atoms with Crippen LogP contribution in [-0.2, 0) is 4.79 Å². The van der Waals surface area contributed by atoms with Gasteiger partial charge in [0.1, 0.15) is 0 Å². The SMILES string of the molecule is CC1(C)[C@@H](N)CC[C@]2(C)[C@H]3C(=O)C=C4[C@@H]5C[C@@](C)(NC(N)=O)CC[C@]5(C)CC[C@@]4(C)[C@]3(C)CC[C@@H]12. The van der Waals surface area contributed by atoms with Crippen molar-refractivity contribution in [1.82, 2.24) is 5.32 Å². The second kappa shape index (κ2) is 7.36. The predicted molar refractivity (Wildman–Crippen MR) is 140 cm³/mol. The van der Waals surface area contributed by atoms with Gasteiger partial charge in [-0.2, -0.15) is 0 Å². The normalized spacial score (nSPS) is 52.8. The zero-order valence-electron chi connectivity index (χ0n) is 23.2. The summed E-state index contributed by atoms with van der Waals surface area (Å²) in [7, 11) is 0. The van der Waals surface area contributed by atoms with Crippen molar-refractivity contribution in [3.8, 4) is 0 Å². The fourth-order valence-corrected chi connectivity index (χ4v) is 10.6. The molecule has 0 spiro atoms. The maximum atomic E-state index is 14.3. The van der Waals surface area contributed by atoms with Gasteiger partial charge >= 0.3 is 6.03 Å². The third-order valence-electron chi connectivity index (χ3n) is 13.1. The highest BCUT2D eigenvalue weighted by Gasteiger charge is 2.69. The molecule has 0 aliphatic heterocycles. The number of hydrogen-bond donors (Lipinski definition) is 3. The maximum Gasteiger partial charge on any atom is 0.312 e. The first-order valence-electron chi connectivity index (χ1n) is 14.1. The van der Waals surface area contributed by atoms with Gasteiger partial charge in [-0.15, -0.1) is 0 Å². The highest BCUT2D eigenvalue weighted by atomic mass is 16.2. The molecular formula is C30H49N3O2. The molecule has 9 atom stereocenters. The Kier molecular flexibility index (Phi) is 5.32. The first-order chi connectivity index (χ1) is 16.0. The van der Waals surface area contributed by atoms with Crippen LogP contribution in [0.15, 0.2) is 11.6 Å². The third kappa shape index (κ3) is 3.21. The topological polar surface area (TPSA) is 98.2 Å². The van der Waals surface area contributed by atoms with E-state index in [0.717, 1.165) is 51.4 Å². The molecule has 4 fully saturated rings. The van der Waals surface area contributed by atoms with E-state index in [4.69, 9.17) is 11.5 Å². The van der Waals surface area contributed by atoms with E-state index in [0.29, 0.717) is 17.6 Å². The smallest absolute Gasteiger partial charge is 0.312 e. The molecule has 35 heavy (non-hydrogen) atoms. The molecule has 5 aliphatic rings. The predicted octanol–water partition coefficient (Wildman–Crippen LogP) is 5.72. The van der Waals surface area contributed by atoms with Crippen molar-refractivity contribution in [1.29, 1.82) is 0 Å². The lowest BCUT2D eigenvalue weighted by Gasteiger charge is -2.70. The summed E-state index contributed by atoms with van der Waals surface area (Å²) >= 11 is 0. The van der Waals surface area contributed by atoms with Gasteiger partial charge < -0.3 is 16.8 Å². The standard InChI is InChI=1S/C30H49N3O2/c1-25(2)21-8-11-30(7)23(28(21,5)10-9-22(25)31)20(34)16-18-19-17-27(4,33-24(32)35)14-12-26(19,3)13-15-29(18,30)6/h16,19,21-23H,8-15,17,31H2,1-7H3,(H3,32,33,35)/t19-,21-,22-,23+,26+,27-,28-,29+,30+/m0/s1. The highest BCUT2D eigenvalue weighted by Crippen LogP contribution is 2.74. The molecule has 0 heterocycles. The number of hydrogen-bond acceptors (Lipinski definition) is 3. The van der Waals surface area contributed by atoms with E-state index < -0.39 is 6.03 Å². The number of rotatable bonds is 1. The Bertz CT molecular complexity index is 988. The molecule has 2 amide bonds. The van der Waals surface area contributed by atoms with Gasteiger partial charge in [0.05, 0.1) is 0 Å². The minimum atomic E-state index is -0.445. The zero-order valence-corrected chi connectivity index (χ0v) is 23.2. The number of nitrogens with one attached hydrogen (secondary N) is 1. The number of allylic oxidation sites excluding steroid dienone is 2. The quantitative estimate of drug-likeness (QED) is 0.445. The molecule has 0 aromatic heterocycles. The summed E-state index contributed by atoms with van der Waals surface area (Å²) in [4.78, 5) is 26.1. The number of amides is 2. The summed E-state index contributed by atoms with van der Waals surface area (Å²) in [5.74, 6) is 1.19. The van der Waals surface area contributed by atoms with E-state index in [-0.39, 0.29) is 44.6 Å². The number of fused-ring (bicyclic) bond motifs is 7. The number of ketones is 1. The van der Waals surface area contributed by atoms with Crippen molar-refractivity contribution in [3.05, 3.63) is 11.6 Å². The number of urea groups is 1. The van der Waals surface area contributed by atoms with E-state index in [1.165, 1.54) is 12.0 Å². The second-order valence-electron chi connectivity index (χ2n) is 15.2. The minimum Gasteiger partial charge on any atom is -0.352 e. The van der Waals surface area contributed by atoms with Gasteiger partial charge in [0, 0.05) is 17.5 Å². The maximum absolute atomic E-state index is 14.3. The first-order valence-corrected chi connectivity index (χ1v) is 14.1. The molecule has 0 aromatic rings. The van der Waals surface area contributed by atoms with Crippen molar-refractivity contribution >= 4 is 11.8 Å². The van der Waals surface area contributed by atoms with Gasteiger partial charge in [-0.05, 0) is 110 Å². The highest BCUT2D eigenvalue weighted by molar-refractivity contribution is 5.95. The average molecular weight is 484 g/mol. The number of carbonyl (C=O) groups is 2. The van der Waals surface area contributed by atoms with Crippen molar-refractivity contribution < 1.29 is 9.59 Å². The molecule has 0 aromatic carbocycles. The van der Waals surface area contributed by atoms with Gasteiger partial charge in [0.25, 0.3) is 0 Å². The molecule has 5 heteroatoms. The Labute approximate surface area is 212 Å². The van der Waals surface area contributed by atoms with Gasteiger partial charge in [-0.1, -0.05) is 47.1 Å². The van der Waals surface area contributed by atoms with Gasteiger partial charge in [-0.25, -0.2) is 4.79 Å². The summed E-state index contributed by atoms with van der Waals surface area (Å²) < 4.78 is 0. The van der Waals surface area contributed by atoms with Gasteiger partial charge in [0.15, 0.2) is 5.78 Å². The van der Waals surface area contributed by atoms with Crippen molar-refractivity contribution in [2.45, 2.75) is 118 Å². The Hall–Kier alpha value is -1.36. The number of primary amides is 1. The molecule has 0 saturated heterocycles. The van der Waals surface area contributed by atoms with E-state index in [1.807, 2.05) is 0 Å². The van der Waals surface area contributed by atoms with Crippen LogP contribution in [0.1, 0.15) is 106 Å². The summed E-state index contributed by atoms with van der Waals surface area (Å²) in [6.07, 6.45) is 11.6. The lowest BCUT2D eigenvalue weighted by Crippen LogP contribution is -2.67. The van der Waals surface area contributed by atoms with Crippen LogP contribution in [-0.4, -0.2) is 23.4 Å². The molecule has 4 saturated carbocycles. The van der Waals surface area contributed by atoms with Crippen molar-refractivity contribution in [2.24, 2.45) is 56.3 Å². The van der Waals surface area contributed by atoms with Crippen LogP contribution >= 0.6 is 0 Å². The van der Waals surface area contributed by atoms with E-state index in [2.05, 4.69) is 59.9 Å².